The summed E-state index contributed by atoms with van der Waals surface area (Å²) in [6.45, 7) is -1.64. The predicted molar refractivity (Wildman–Crippen MR) is 98.6 cm³/mol. The van der Waals surface area contributed by atoms with E-state index >= 15 is 0 Å². The summed E-state index contributed by atoms with van der Waals surface area (Å²) in [6.07, 6.45) is -20.5. The van der Waals surface area contributed by atoms with Crippen molar-refractivity contribution in [3.63, 3.8) is 0 Å². The molecule has 0 radical (unpaired) electrons. The van der Waals surface area contributed by atoms with Crippen LogP contribution >= 0.6 is 0 Å². The van der Waals surface area contributed by atoms with Crippen LogP contribution < -0.4 is 0 Å². The maximum Gasteiger partial charge on any atom is 0.423 e. The molecule has 0 saturated heterocycles. The lowest BCUT2D eigenvalue weighted by atomic mass is 9.69. The van der Waals surface area contributed by atoms with Crippen molar-refractivity contribution in [1.29, 1.82) is 0 Å². The van der Waals surface area contributed by atoms with Gasteiger partial charge in [-0.05, 0) is 50.9 Å². The Bertz CT molecular complexity index is 747. The van der Waals surface area contributed by atoms with Crippen molar-refractivity contribution in [2.24, 2.45) is 11.8 Å². The first-order valence-electron chi connectivity index (χ1n) is 10.3. The number of carbonyl (C=O) groups excluding carboxylic acids is 1. The predicted octanol–water partition coefficient (Wildman–Crippen LogP) is 5.47. The van der Waals surface area contributed by atoms with Crippen LogP contribution in [-0.2, 0) is 9.53 Å². The van der Waals surface area contributed by atoms with Crippen LogP contribution in [0.3, 0.4) is 0 Å². The van der Waals surface area contributed by atoms with Crippen LogP contribution in [0, 0.1) is 11.8 Å². The second-order valence-electron chi connectivity index (χ2n) is 9.05. The van der Waals surface area contributed by atoms with E-state index in [0.717, 1.165) is 6.92 Å². The molecular formula is C20H24F12O4. The van der Waals surface area contributed by atoms with E-state index in [1.54, 1.807) is 0 Å². The van der Waals surface area contributed by atoms with Crippen molar-refractivity contribution in [3.05, 3.63) is 12.2 Å². The fraction of sp³-hybridized carbons (Fsp3) is 0.850. The molecule has 36 heavy (non-hydrogen) atoms. The molecule has 4 nitrogen and oxygen atoms in total. The maximum atomic E-state index is 13.8. The van der Waals surface area contributed by atoms with Gasteiger partial charge in [-0.15, -0.1) is 0 Å². The van der Waals surface area contributed by atoms with Crippen LogP contribution in [0.15, 0.2) is 12.2 Å². The summed E-state index contributed by atoms with van der Waals surface area (Å²) in [6, 6.07) is 0. The van der Waals surface area contributed by atoms with Crippen molar-refractivity contribution in [2.45, 2.75) is 80.5 Å². The zero-order valence-corrected chi connectivity index (χ0v) is 18.6. The molecule has 1 saturated carbocycles. The van der Waals surface area contributed by atoms with Crippen molar-refractivity contribution in [1.82, 2.24) is 0 Å². The summed E-state index contributed by atoms with van der Waals surface area (Å²) in [7, 11) is 0. The Kier molecular flexibility index (Phi) is 9.49. The van der Waals surface area contributed by atoms with Gasteiger partial charge in [0, 0.05) is 5.57 Å². The molecule has 1 aliphatic rings. The molecule has 4 unspecified atom stereocenters. The fourth-order valence-electron chi connectivity index (χ4n) is 4.19. The van der Waals surface area contributed by atoms with Gasteiger partial charge in [0.05, 0.1) is 0 Å². The first-order valence-corrected chi connectivity index (χ1v) is 10.3. The molecule has 2 N–H and O–H groups in total. The van der Waals surface area contributed by atoms with E-state index in [9.17, 15) is 67.7 Å². The first kappa shape index (κ1) is 32.3. The minimum Gasteiger partial charge on any atom is -0.459 e. The average molecular weight is 556 g/mol. The molecule has 1 rings (SSSR count). The third kappa shape index (κ3) is 6.40. The third-order valence-electron chi connectivity index (χ3n) is 6.13. The molecule has 1 aliphatic carbocycles. The summed E-state index contributed by atoms with van der Waals surface area (Å²) in [5, 5.41) is 19.5. The van der Waals surface area contributed by atoms with Gasteiger partial charge in [0.15, 0.2) is 13.3 Å². The lowest BCUT2D eigenvalue weighted by Gasteiger charge is -2.44. The molecule has 0 heterocycles. The number of hydrogen-bond donors (Lipinski definition) is 2. The van der Waals surface area contributed by atoms with E-state index in [1.807, 2.05) is 0 Å². The summed E-state index contributed by atoms with van der Waals surface area (Å²) < 4.78 is 166. The van der Waals surface area contributed by atoms with Gasteiger partial charge in [0.1, 0.15) is 6.10 Å². The number of esters is 1. The van der Waals surface area contributed by atoms with Crippen LogP contribution in [-0.4, -0.2) is 71.0 Å². The van der Waals surface area contributed by atoms with Crippen LogP contribution in [0.4, 0.5) is 52.7 Å². The van der Waals surface area contributed by atoms with Gasteiger partial charge in [-0.25, -0.2) is 31.1 Å². The number of hydrogen-bond acceptors (Lipinski definition) is 4. The van der Waals surface area contributed by atoms with E-state index in [4.69, 9.17) is 4.74 Å². The zero-order chi connectivity index (χ0) is 28.5. The first-order chi connectivity index (χ1) is 16.0. The quantitative estimate of drug-likeness (QED) is 0.213. The van der Waals surface area contributed by atoms with E-state index in [-0.39, 0.29) is 5.57 Å². The number of carbonyl (C=O) groups is 1. The lowest BCUT2D eigenvalue weighted by molar-refractivity contribution is -0.343. The summed E-state index contributed by atoms with van der Waals surface area (Å²) >= 11 is 0. The van der Waals surface area contributed by atoms with Gasteiger partial charge >= 0.3 is 30.2 Å². The molecule has 0 aromatic rings. The molecule has 0 bridgehead atoms. The van der Waals surface area contributed by atoms with Crippen LogP contribution in [0.2, 0.25) is 0 Å². The van der Waals surface area contributed by atoms with Crippen LogP contribution in [0.1, 0.15) is 39.0 Å². The Morgan fingerprint density at radius 2 is 1.11 bits per heavy atom. The lowest BCUT2D eigenvalue weighted by Crippen LogP contribution is -2.62. The highest BCUT2D eigenvalue weighted by molar-refractivity contribution is 5.87. The van der Waals surface area contributed by atoms with E-state index in [0.29, 0.717) is 0 Å². The monoisotopic (exact) mass is 556 g/mol. The summed E-state index contributed by atoms with van der Waals surface area (Å²) in [4.78, 5) is 11.8. The van der Waals surface area contributed by atoms with Gasteiger partial charge in [-0.1, -0.05) is 6.58 Å². The standard InChI is InChI=1S/C20H24F12O4/c1-10(2)14(33)36-13-4-11(6-15(34,19(27,28)29)17(23,24)8-21)3-12(5-13)7-16(35,20(30,31)32)18(25,26)9-22/h11-13,34-35H,1,3-9H2,2H3. The normalized spacial score (nSPS) is 25.6. The molecule has 0 aliphatic heterocycles. The molecule has 0 aromatic heterocycles. The van der Waals surface area contributed by atoms with E-state index in [1.165, 1.54) is 0 Å². The molecule has 0 amide bonds. The minimum absolute atomic E-state index is 0.291. The number of alkyl halides is 12. The topological polar surface area (TPSA) is 66.8 Å². The Labute approximate surface area is 197 Å². The maximum absolute atomic E-state index is 13.8. The highest BCUT2D eigenvalue weighted by Crippen LogP contribution is 2.52. The fourth-order valence-corrected chi connectivity index (χ4v) is 4.19. The van der Waals surface area contributed by atoms with Crippen molar-refractivity contribution < 1.29 is 72.4 Å². The number of aliphatic hydroxyl groups is 2. The molecule has 16 heteroatoms. The molecule has 4 atom stereocenters. The van der Waals surface area contributed by atoms with Crippen molar-refractivity contribution >= 4 is 5.97 Å². The Balaban J connectivity index is 3.45. The SMILES string of the molecule is C=C(C)C(=O)OC1CC(CC(O)(C(F)(F)F)C(F)(F)CF)CC(CC(O)(C(F)(F)F)C(F)(F)CF)C1. The van der Waals surface area contributed by atoms with Crippen LogP contribution in [0.5, 0.6) is 0 Å². The average Bonchev–Trinajstić information content (AvgIpc) is 2.71. The van der Waals surface area contributed by atoms with E-state index < -0.39 is 105 Å². The molecule has 1 fully saturated rings. The number of ether oxygens (including phenoxy) is 1. The largest absolute Gasteiger partial charge is 0.459 e. The molecular weight excluding hydrogens is 532 g/mol. The zero-order valence-electron chi connectivity index (χ0n) is 18.6. The number of halogens is 12. The molecule has 0 aromatic carbocycles. The Morgan fingerprint density at radius 1 is 0.778 bits per heavy atom. The smallest absolute Gasteiger partial charge is 0.423 e. The third-order valence-corrected chi connectivity index (χ3v) is 6.13. The van der Waals surface area contributed by atoms with Crippen molar-refractivity contribution in [3.8, 4) is 0 Å². The second kappa shape index (κ2) is 10.6. The van der Waals surface area contributed by atoms with Gasteiger partial charge < -0.3 is 14.9 Å². The van der Waals surface area contributed by atoms with Crippen molar-refractivity contribution in [2.75, 3.05) is 13.3 Å². The molecule has 212 valence electrons. The molecule has 0 spiro atoms. The van der Waals surface area contributed by atoms with Gasteiger partial charge in [0.25, 0.3) is 0 Å². The Hall–Kier alpha value is -1.71. The van der Waals surface area contributed by atoms with Gasteiger partial charge in [-0.3, -0.25) is 0 Å². The Morgan fingerprint density at radius 3 is 1.36 bits per heavy atom. The van der Waals surface area contributed by atoms with Crippen LogP contribution in [0.25, 0.3) is 0 Å². The highest BCUT2D eigenvalue weighted by atomic mass is 19.4. The van der Waals surface area contributed by atoms with E-state index in [2.05, 4.69) is 6.58 Å². The summed E-state index contributed by atoms with van der Waals surface area (Å²) in [5.74, 6) is -15.8. The summed E-state index contributed by atoms with van der Waals surface area (Å²) in [5.41, 5.74) is -10.3. The van der Waals surface area contributed by atoms with Gasteiger partial charge in [-0.2, -0.15) is 26.3 Å². The second-order valence-corrected chi connectivity index (χ2v) is 9.05. The number of rotatable bonds is 10. The highest BCUT2D eigenvalue weighted by Gasteiger charge is 2.71. The van der Waals surface area contributed by atoms with Gasteiger partial charge in [0.2, 0.25) is 11.2 Å². The minimum atomic E-state index is -6.15.